The first-order chi connectivity index (χ1) is 19.6. The molecule has 0 saturated heterocycles. The third kappa shape index (κ3) is 3.06. The van der Waals surface area contributed by atoms with Crippen LogP contribution < -0.4 is 0 Å². The van der Waals surface area contributed by atoms with Crippen molar-refractivity contribution >= 4 is 10.8 Å². The molecule has 41 heavy (non-hydrogen) atoms. The smallest absolute Gasteiger partial charge is 0.0998 e. The Morgan fingerprint density at radius 2 is 0.902 bits per heavy atom. The Bertz CT molecular complexity index is 1990. The summed E-state index contributed by atoms with van der Waals surface area (Å²) in [5, 5.41) is 12.2. The number of hydrogen-bond acceptors (Lipinski definition) is 1. The van der Waals surface area contributed by atoms with Crippen LogP contribution in [-0.4, -0.2) is 0 Å². The topological polar surface area (TPSA) is 23.8 Å². The number of nitrogens with zero attached hydrogens (tertiary/aromatic N) is 1. The second kappa shape index (κ2) is 8.20. The van der Waals surface area contributed by atoms with Gasteiger partial charge in [-0.05, 0) is 102 Å². The van der Waals surface area contributed by atoms with E-state index in [2.05, 4.69) is 120 Å². The fourth-order valence-corrected chi connectivity index (χ4v) is 8.09. The predicted octanol–water partition coefficient (Wildman–Crippen LogP) is 10.7. The van der Waals surface area contributed by atoms with E-state index in [0.29, 0.717) is 0 Å². The molecular weight excluding hydrogens is 494 g/mol. The van der Waals surface area contributed by atoms with Crippen LogP contribution in [0.4, 0.5) is 0 Å². The second-order valence-corrected chi connectivity index (χ2v) is 13.3. The molecule has 0 aromatic heterocycles. The zero-order chi connectivity index (χ0) is 29.1. The van der Waals surface area contributed by atoms with Crippen LogP contribution >= 0.6 is 0 Å². The van der Waals surface area contributed by atoms with Crippen molar-refractivity contribution < 1.29 is 0 Å². The van der Waals surface area contributed by atoms with Crippen LogP contribution in [0.3, 0.4) is 0 Å². The van der Waals surface area contributed by atoms with Crippen LogP contribution in [0, 0.1) is 11.3 Å². The van der Waals surface area contributed by atoms with Crippen molar-refractivity contribution in [2.45, 2.75) is 71.6 Å². The zero-order valence-corrected chi connectivity index (χ0v) is 25.5. The molecule has 0 radical (unpaired) electrons. The zero-order valence-electron chi connectivity index (χ0n) is 25.5. The molecule has 0 spiro atoms. The van der Waals surface area contributed by atoms with Gasteiger partial charge in [0.1, 0.15) is 0 Å². The van der Waals surface area contributed by atoms with Crippen LogP contribution in [-0.2, 0) is 16.2 Å². The third-order valence-corrected chi connectivity index (χ3v) is 10.3. The van der Waals surface area contributed by atoms with E-state index in [1.807, 2.05) is 19.9 Å². The van der Waals surface area contributed by atoms with Crippen molar-refractivity contribution in [3.63, 3.8) is 0 Å². The van der Waals surface area contributed by atoms with Gasteiger partial charge in [-0.2, -0.15) is 5.26 Å². The van der Waals surface area contributed by atoms with Gasteiger partial charge in [0.05, 0.1) is 11.6 Å². The van der Waals surface area contributed by atoms with E-state index in [9.17, 15) is 5.26 Å². The molecule has 1 heteroatoms. The molecule has 0 bridgehead atoms. The van der Waals surface area contributed by atoms with Crippen molar-refractivity contribution in [2.24, 2.45) is 0 Å². The van der Waals surface area contributed by atoms with Crippen molar-refractivity contribution in [3.8, 4) is 39.4 Å². The summed E-state index contributed by atoms with van der Waals surface area (Å²) in [5.41, 5.74) is 16.9. The normalized spacial score (nSPS) is 16.9. The largest absolute Gasteiger partial charge is 0.192 e. The van der Waals surface area contributed by atoms with Gasteiger partial charge in [-0.1, -0.05) is 104 Å². The Morgan fingerprint density at radius 1 is 0.463 bits per heavy atom. The summed E-state index contributed by atoms with van der Waals surface area (Å²) in [6.07, 6.45) is 0. The number of benzene rings is 5. The molecule has 0 unspecified atom stereocenters. The highest BCUT2D eigenvalue weighted by molar-refractivity contribution is 6.06. The van der Waals surface area contributed by atoms with Crippen LogP contribution in [0.5, 0.6) is 0 Å². The fraction of sp³-hybridized carbons (Fsp3) is 0.275. The molecule has 3 aliphatic carbocycles. The van der Waals surface area contributed by atoms with Gasteiger partial charge in [0.2, 0.25) is 0 Å². The standard InChI is InChI=1S/C38H31N.C2H6/c1-36(2)29-14-10-9-12-23(29)25-16-31-26(17-30(25)36)27-18-33-28(19-32(27)37(31,3)4)35-24-13-8-7-11-22(24)21(20-39)15-34(35)38(33,5)6;1-2/h7-19H,1-6H3;1-2H3. The maximum Gasteiger partial charge on any atom is 0.0998 e. The predicted molar refractivity (Wildman–Crippen MR) is 173 cm³/mol. The van der Waals surface area contributed by atoms with E-state index in [1.54, 1.807) is 0 Å². The molecule has 5 aromatic rings. The van der Waals surface area contributed by atoms with Crippen LogP contribution in [0.15, 0.2) is 78.9 Å². The maximum atomic E-state index is 10.0. The molecule has 202 valence electrons. The summed E-state index contributed by atoms with van der Waals surface area (Å²) in [6, 6.07) is 31.9. The first-order valence-corrected chi connectivity index (χ1v) is 15.0. The summed E-state index contributed by atoms with van der Waals surface area (Å²) in [4.78, 5) is 0. The van der Waals surface area contributed by atoms with Gasteiger partial charge in [0, 0.05) is 21.6 Å². The van der Waals surface area contributed by atoms with Crippen LogP contribution in [0.1, 0.15) is 94.3 Å². The molecule has 0 N–H and O–H groups in total. The van der Waals surface area contributed by atoms with E-state index in [-0.39, 0.29) is 16.2 Å². The summed E-state index contributed by atoms with van der Waals surface area (Å²) in [7, 11) is 0. The maximum absolute atomic E-state index is 10.0. The van der Waals surface area contributed by atoms with Gasteiger partial charge in [-0.25, -0.2) is 0 Å². The van der Waals surface area contributed by atoms with Crippen LogP contribution in [0.2, 0.25) is 0 Å². The van der Waals surface area contributed by atoms with Crippen molar-refractivity contribution in [3.05, 3.63) is 118 Å². The van der Waals surface area contributed by atoms with E-state index >= 15 is 0 Å². The molecule has 5 aromatic carbocycles. The van der Waals surface area contributed by atoms with Gasteiger partial charge >= 0.3 is 0 Å². The molecule has 0 atom stereocenters. The number of fused-ring (bicyclic) bond motifs is 11. The lowest BCUT2D eigenvalue weighted by molar-refractivity contribution is 0.649. The van der Waals surface area contributed by atoms with Gasteiger partial charge in [-0.3, -0.25) is 0 Å². The molecule has 3 aliphatic rings. The SMILES string of the molecule is CC.CC1(C)c2ccccc2-c2cc3c(cc21)-c1cc2c(cc1C3(C)C)-c1c(cc(C#N)c3ccccc13)C2(C)C. The lowest BCUT2D eigenvalue weighted by atomic mass is 9.78. The van der Waals surface area contributed by atoms with Gasteiger partial charge in [-0.15, -0.1) is 0 Å². The Hall–Kier alpha value is -4.15. The molecule has 0 fully saturated rings. The molecule has 1 nitrogen and oxygen atoms in total. The fourth-order valence-electron chi connectivity index (χ4n) is 8.09. The minimum absolute atomic E-state index is 0.0211. The molecule has 0 aliphatic heterocycles. The second-order valence-electron chi connectivity index (χ2n) is 13.3. The minimum Gasteiger partial charge on any atom is -0.192 e. The number of hydrogen-bond donors (Lipinski definition) is 0. The summed E-state index contributed by atoms with van der Waals surface area (Å²) in [5.74, 6) is 0. The van der Waals surface area contributed by atoms with E-state index in [4.69, 9.17) is 0 Å². The number of rotatable bonds is 0. The monoisotopic (exact) mass is 531 g/mol. The Labute approximate surface area is 244 Å². The van der Waals surface area contributed by atoms with Crippen molar-refractivity contribution in [2.75, 3.05) is 0 Å². The lowest BCUT2D eigenvalue weighted by Crippen LogP contribution is -2.17. The van der Waals surface area contributed by atoms with E-state index in [0.717, 1.165) is 10.9 Å². The highest BCUT2D eigenvalue weighted by Gasteiger charge is 2.44. The lowest BCUT2D eigenvalue weighted by Gasteiger charge is -2.24. The van der Waals surface area contributed by atoms with E-state index in [1.165, 1.54) is 72.1 Å². The summed E-state index contributed by atoms with van der Waals surface area (Å²) in [6.45, 7) is 18.2. The van der Waals surface area contributed by atoms with E-state index < -0.39 is 0 Å². The molecule has 0 amide bonds. The molecule has 0 saturated carbocycles. The van der Waals surface area contributed by atoms with Crippen molar-refractivity contribution in [1.82, 2.24) is 0 Å². The summed E-state index contributed by atoms with van der Waals surface area (Å²) < 4.78 is 0. The summed E-state index contributed by atoms with van der Waals surface area (Å²) >= 11 is 0. The average molecular weight is 532 g/mol. The Balaban J connectivity index is 0.00000135. The Kier molecular flexibility index (Phi) is 5.16. The first kappa shape index (κ1) is 25.8. The van der Waals surface area contributed by atoms with Crippen molar-refractivity contribution in [1.29, 1.82) is 5.26 Å². The third-order valence-electron chi connectivity index (χ3n) is 10.3. The van der Waals surface area contributed by atoms with Gasteiger partial charge in [0.25, 0.3) is 0 Å². The highest BCUT2D eigenvalue weighted by atomic mass is 14.5. The molecular formula is C40H37N. The average Bonchev–Trinajstić information content (AvgIpc) is 3.45. The quantitative estimate of drug-likeness (QED) is 0.195. The van der Waals surface area contributed by atoms with Crippen LogP contribution in [0.25, 0.3) is 44.2 Å². The Morgan fingerprint density at radius 3 is 1.51 bits per heavy atom. The first-order valence-electron chi connectivity index (χ1n) is 15.0. The number of nitriles is 1. The molecule has 0 heterocycles. The molecule has 8 rings (SSSR count). The van der Waals surface area contributed by atoms with Gasteiger partial charge < -0.3 is 0 Å². The van der Waals surface area contributed by atoms with Gasteiger partial charge in [0.15, 0.2) is 0 Å². The highest BCUT2D eigenvalue weighted by Crippen LogP contribution is 2.60. The minimum atomic E-state index is -0.186.